The highest BCUT2D eigenvalue weighted by Gasteiger charge is 2.30. The molecule has 0 saturated carbocycles. The standard InChI is InChI=1S/C24H26F3NO.ClH/c1-3-17-8-9-21(14-18(17)4-2)23(29)16-28-12-10-19(11-13-28)20-6-5-7-22(15-20)24(25,26)27;/h5-10,14-15H,3-4,11-13,16H2,1-2H3;1H. The van der Waals surface area contributed by atoms with Gasteiger partial charge in [-0.3, -0.25) is 9.69 Å². The van der Waals surface area contributed by atoms with Gasteiger partial charge in [0.1, 0.15) is 0 Å². The normalized spacial score (nSPS) is 14.8. The van der Waals surface area contributed by atoms with E-state index < -0.39 is 11.7 Å². The zero-order valence-corrected chi connectivity index (χ0v) is 18.1. The topological polar surface area (TPSA) is 20.3 Å². The SMILES string of the molecule is CCc1ccc(C(=O)CN2CC=C(c3cccc(C(F)(F)F)c3)CC2)cc1CC.Cl. The van der Waals surface area contributed by atoms with Crippen LogP contribution < -0.4 is 0 Å². The third kappa shape index (κ3) is 5.73. The van der Waals surface area contributed by atoms with E-state index in [9.17, 15) is 18.0 Å². The molecular weight excluding hydrogens is 411 g/mol. The van der Waals surface area contributed by atoms with Crippen molar-refractivity contribution in [3.63, 3.8) is 0 Å². The molecule has 0 unspecified atom stereocenters. The van der Waals surface area contributed by atoms with Crippen LogP contribution in [0.2, 0.25) is 0 Å². The Morgan fingerprint density at radius 3 is 2.37 bits per heavy atom. The summed E-state index contributed by atoms with van der Waals surface area (Å²) >= 11 is 0. The second-order valence-corrected chi connectivity index (χ2v) is 7.41. The molecule has 0 radical (unpaired) electrons. The van der Waals surface area contributed by atoms with Gasteiger partial charge in [-0.2, -0.15) is 13.2 Å². The molecule has 30 heavy (non-hydrogen) atoms. The lowest BCUT2D eigenvalue weighted by Gasteiger charge is -2.26. The summed E-state index contributed by atoms with van der Waals surface area (Å²) in [6.07, 6.45) is 0.0752. The first kappa shape index (κ1) is 24.2. The van der Waals surface area contributed by atoms with Crippen LogP contribution >= 0.6 is 12.4 Å². The number of aryl methyl sites for hydroxylation is 2. The molecule has 6 heteroatoms. The van der Waals surface area contributed by atoms with E-state index in [1.807, 2.05) is 29.2 Å². The van der Waals surface area contributed by atoms with Crippen LogP contribution in [0.4, 0.5) is 13.2 Å². The highest BCUT2D eigenvalue weighted by atomic mass is 35.5. The lowest BCUT2D eigenvalue weighted by molar-refractivity contribution is -0.137. The maximum Gasteiger partial charge on any atom is 0.416 e. The van der Waals surface area contributed by atoms with Gasteiger partial charge >= 0.3 is 6.18 Å². The van der Waals surface area contributed by atoms with Crippen LogP contribution in [0.25, 0.3) is 5.57 Å². The van der Waals surface area contributed by atoms with Gasteiger partial charge in [-0.25, -0.2) is 0 Å². The third-order valence-electron chi connectivity index (χ3n) is 5.51. The van der Waals surface area contributed by atoms with Crippen molar-refractivity contribution in [3.05, 3.63) is 76.4 Å². The van der Waals surface area contributed by atoms with Crippen molar-refractivity contribution in [3.8, 4) is 0 Å². The number of carbonyl (C=O) groups excluding carboxylic acids is 1. The molecule has 0 bridgehead atoms. The van der Waals surface area contributed by atoms with Gasteiger partial charge in [0.15, 0.2) is 5.78 Å². The van der Waals surface area contributed by atoms with Crippen LogP contribution in [-0.2, 0) is 19.0 Å². The van der Waals surface area contributed by atoms with Gasteiger partial charge in [-0.1, -0.05) is 44.2 Å². The van der Waals surface area contributed by atoms with E-state index in [1.54, 1.807) is 6.07 Å². The van der Waals surface area contributed by atoms with Gasteiger partial charge in [-0.05, 0) is 59.7 Å². The molecule has 0 atom stereocenters. The first-order valence-electron chi connectivity index (χ1n) is 10.1. The van der Waals surface area contributed by atoms with Gasteiger partial charge in [-0.15, -0.1) is 12.4 Å². The van der Waals surface area contributed by atoms with Gasteiger partial charge in [0.25, 0.3) is 0 Å². The predicted octanol–water partition coefficient (Wildman–Crippen LogP) is 6.22. The number of benzene rings is 2. The Labute approximate surface area is 182 Å². The lowest BCUT2D eigenvalue weighted by atomic mass is 9.96. The molecule has 0 aromatic heterocycles. The smallest absolute Gasteiger partial charge is 0.293 e. The number of nitrogens with zero attached hydrogens (tertiary/aromatic N) is 1. The van der Waals surface area contributed by atoms with Crippen LogP contribution in [0.1, 0.15) is 52.9 Å². The van der Waals surface area contributed by atoms with Crippen LogP contribution in [-0.4, -0.2) is 30.3 Å². The van der Waals surface area contributed by atoms with Crippen LogP contribution in [0, 0.1) is 0 Å². The lowest BCUT2D eigenvalue weighted by Crippen LogP contribution is -2.33. The van der Waals surface area contributed by atoms with Crippen LogP contribution in [0.15, 0.2) is 48.5 Å². The van der Waals surface area contributed by atoms with Crippen LogP contribution in [0.5, 0.6) is 0 Å². The minimum atomic E-state index is -4.34. The minimum absolute atomic E-state index is 0. The molecule has 1 aliphatic heterocycles. The Bertz CT molecular complexity index is 921. The number of hydrogen-bond acceptors (Lipinski definition) is 2. The highest BCUT2D eigenvalue weighted by Crippen LogP contribution is 2.32. The summed E-state index contributed by atoms with van der Waals surface area (Å²) in [4.78, 5) is 14.7. The molecule has 2 nitrogen and oxygen atoms in total. The summed E-state index contributed by atoms with van der Waals surface area (Å²) in [6, 6.07) is 11.4. The van der Waals surface area contributed by atoms with E-state index in [1.165, 1.54) is 23.3 Å². The summed E-state index contributed by atoms with van der Waals surface area (Å²) in [5.41, 5.74) is 4.09. The Hall–Kier alpha value is -2.11. The molecule has 0 amide bonds. The largest absolute Gasteiger partial charge is 0.416 e. The van der Waals surface area contributed by atoms with Gasteiger partial charge in [0.05, 0.1) is 12.1 Å². The average molecular weight is 438 g/mol. The Kier molecular flexibility index (Phi) is 8.27. The number of hydrogen-bond donors (Lipinski definition) is 0. The predicted molar refractivity (Wildman–Crippen MR) is 117 cm³/mol. The molecule has 0 N–H and O–H groups in total. The third-order valence-corrected chi connectivity index (χ3v) is 5.51. The molecular formula is C24H27ClF3NO. The molecule has 162 valence electrons. The fourth-order valence-corrected chi connectivity index (χ4v) is 3.78. The average Bonchev–Trinajstić information content (AvgIpc) is 2.73. The molecule has 0 saturated heterocycles. The molecule has 0 aliphatic carbocycles. The zero-order chi connectivity index (χ0) is 21.0. The van der Waals surface area contributed by atoms with Gasteiger partial charge in [0.2, 0.25) is 0 Å². The fourth-order valence-electron chi connectivity index (χ4n) is 3.78. The van der Waals surface area contributed by atoms with Crippen molar-refractivity contribution >= 4 is 23.8 Å². The van der Waals surface area contributed by atoms with Crippen molar-refractivity contribution in [2.45, 2.75) is 39.3 Å². The summed E-state index contributed by atoms with van der Waals surface area (Å²) in [6.45, 7) is 5.74. The van der Waals surface area contributed by atoms with E-state index in [0.717, 1.165) is 30.0 Å². The van der Waals surface area contributed by atoms with Crippen molar-refractivity contribution in [1.82, 2.24) is 4.90 Å². The molecule has 3 rings (SSSR count). The van der Waals surface area contributed by atoms with Crippen molar-refractivity contribution in [2.24, 2.45) is 0 Å². The van der Waals surface area contributed by atoms with Gasteiger partial charge in [0, 0.05) is 18.7 Å². The maximum atomic E-state index is 12.9. The quantitative estimate of drug-likeness (QED) is 0.500. The van der Waals surface area contributed by atoms with E-state index >= 15 is 0 Å². The zero-order valence-electron chi connectivity index (χ0n) is 17.3. The summed E-state index contributed by atoms with van der Waals surface area (Å²) < 4.78 is 38.8. The van der Waals surface area contributed by atoms with E-state index in [2.05, 4.69) is 13.8 Å². The Morgan fingerprint density at radius 1 is 1.03 bits per heavy atom. The molecule has 1 heterocycles. The van der Waals surface area contributed by atoms with Crippen molar-refractivity contribution in [1.29, 1.82) is 0 Å². The number of ketones is 1. The van der Waals surface area contributed by atoms with Crippen molar-refractivity contribution in [2.75, 3.05) is 19.6 Å². The molecule has 0 spiro atoms. The second kappa shape index (κ2) is 10.3. The first-order valence-corrected chi connectivity index (χ1v) is 10.1. The van der Waals surface area contributed by atoms with Crippen LogP contribution in [0.3, 0.4) is 0 Å². The highest BCUT2D eigenvalue weighted by molar-refractivity contribution is 5.98. The maximum absolute atomic E-state index is 12.9. The fraction of sp³-hybridized carbons (Fsp3) is 0.375. The van der Waals surface area contributed by atoms with Gasteiger partial charge < -0.3 is 0 Å². The number of Topliss-reactive ketones (excluding diaryl/α,β-unsaturated/α-hetero) is 1. The molecule has 2 aromatic carbocycles. The van der Waals surface area contributed by atoms with E-state index in [0.29, 0.717) is 31.6 Å². The number of carbonyl (C=O) groups is 1. The summed E-state index contributed by atoms with van der Waals surface area (Å²) in [7, 11) is 0. The first-order chi connectivity index (χ1) is 13.8. The Balaban J connectivity index is 0.00000320. The number of halogens is 4. The molecule has 0 fully saturated rings. The monoisotopic (exact) mass is 437 g/mol. The number of alkyl halides is 3. The van der Waals surface area contributed by atoms with E-state index in [-0.39, 0.29) is 18.2 Å². The summed E-state index contributed by atoms with van der Waals surface area (Å²) in [5, 5.41) is 0. The minimum Gasteiger partial charge on any atom is -0.293 e. The number of rotatable bonds is 6. The Morgan fingerprint density at radius 2 is 1.77 bits per heavy atom. The molecule has 2 aromatic rings. The summed E-state index contributed by atoms with van der Waals surface area (Å²) in [5.74, 6) is 0.0817. The van der Waals surface area contributed by atoms with E-state index in [4.69, 9.17) is 0 Å². The van der Waals surface area contributed by atoms with Crippen molar-refractivity contribution < 1.29 is 18.0 Å². The second-order valence-electron chi connectivity index (χ2n) is 7.41. The molecule has 1 aliphatic rings.